The minimum Gasteiger partial charge on any atom is -0.311 e. The van der Waals surface area contributed by atoms with Crippen molar-refractivity contribution in [2.24, 2.45) is 0 Å². The Hall–Kier alpha value is -0.450. The fourth-order valence-electron chi connectivity index (χ4n) is 1.60. The lowest BCUT2D eigenvalue weighted by Crippen LogP contribution is -2.27. The molecule has 0 bridgehead atoms. The van der Waals surface area contributed by atoms with Crippen LogP contribution in [0.1, 0.15) is 32.4 Å². The van der Waals surface area contributed by atoms with Crippen molar-refractivity contribution in [2.75, 3.05) is 20.1 Å². The molecule has 0 atom stereocenters. The molecule has 18 heavy (non-hydrogen) atoms. The minimum absolute atomic E-state index is 0.643. The molecule has 0 unspecified atom stereocenters. The Morgan fingerprint density at radius 3 is 2.72 bits per heavy atom. The number of pyridine rings is 1. The molecule has 0 saturated heterocycles. The van der Waals surface area contributed by atoms with Crippen LogP contribution < -0.4 is 5.32 Å². The maximum atomic E-state index is 4.33. The first-order valence-corrected chi connectivity index (χ1v) is 7.40. The number of rotatable bonds is 8. The quantitative estimate of drug-likeness (QED) is 0.748. The van der Waals surface area contributed by atoms with E-state index in [0.29, 0.717) is 6.04 Å². The molecule has 0 saturated carbocycles. The van der Waals surface area contributed by atoms with Gasteiger partial charge in [0.1, 0.15) is 0 Å². The number of aromatic nitrogens is 1. The van der Waals surface area contributed by atoms with E-state index in [2.05, 4.69) is 52.0 Å². The molecule has 1 aromatic heterocycles. The molecule has 0 aromatic carbocycles. The maximum Gasteiger partial charge on any atom is 0.0542 e. The van der Waals surface area contributed by atoms with E-state index in [0.717, 1.165) is 23.3 Å². The van der Waals surface area contributed by atoms with E-state index in [1.54, 1.807) is 0 Å². The van der Waals surface area contributed by atoms with Gasteiger partial charge in [-0.25, -0.2) is 0 Å². The van der Waals surface area contributed by atoms with Crippen molar-refractivity contribution in [3.8, 4) is 0 Å². The van der Waals surface area contributed by atoms with E-state index < -0.39 is 0 Å². The molecule has 1 N–H and O–H groups in total. The Morgan fingerprint density at radius 2 is 2.11 bits per heavy atom. The predicted octanol–water partition coefficient (Wildman–Crippen LogP) is 3.05. The molecule has 0 aliphatic heterocycles. The van der Waals surface area contributed by atoms with Gasteiger partial charge >= 0.3 is 0 Å². The SMILES string of the molecule is CC(C)N(C)CCCCNCc1ccc(Br)cn1. The summed E-state index contributed by atoms with van der Waals surface area (Å²) in [6.07, 6.45) is 4.30. The zero-order valence-electron chi connectivity index (χ0n) is 11.6. The zero-order valence-corrected chi connectivity index (χ0v) is 13.2. The first kappa shape index (κ1) is 15.6. The summed E-state index contributed by atoms with van der Waals surface area (Å²) < 4.78 is 1.03. The monoisotopic (exact) mass is 313 g/mol. The lowest BCUT2D eigenvalue weighted by Gasteiger charge is -2.20. The third-order valence-electron chi connectivity index (χ3n) is 3.09. The predicted molar refractivity (Wildman–Crippen MR) is 80.6 cm³/mol. The van der Waals surface area contributed by atoms with Gasteiger partial charge in [0.25, 0.3) is 0 Å². The third kappa shape index (κ3) is 6.47. The van der Waals surface area contributed by atoms with Crippen LogP contribution in [0.5, 0.6) is 0 Å². The molecule has 0 fully saturated rings. The van der Waals surface area contributed by atoms with Gasteiger partial charge in [0.2, 0.25) is 0 Å². The van der Waals surface area contributed by atoms with Crippen molar-refractivity contribution in [1.29, 1.82) is 0 Å². The topological polar surface area (TPSA) is 28.2 Å². The molecule has 1 aromatic rings. The molecule has 0 amide bonds. The van der Waals surface area contributed by atoms with Crippen LogP contribution in [0.15, 0.2) is 22.8 Å². The van der Waals surface area contributed by atoms with E-state index in [9.17, 15) is 0 Å². The summed E-state index contributed by atoms with van der Waals surface area (Å²) in [4.78, 5) is 6.72. The highest BCUT2D eigenvalue weighted by molar-refractivity contribution is 9.10. The molecule has 4 heteroatoms. The fraction of sp³-hybridized carbons (Fsp3) is 0.643. The Balaban J connectivity index is 2.03. The van der Waals surface area contributed by atoms with Gasteiger partial charge in [-0.3, -0.25) is 4.98 Å². The summed E-state index contributed by atoms with van der Waals surface area (Å²) in [6, 6.07) is 4.72. The summed E-state index contributed by atoms with van der Waals surface area (Å²) in [5.74, 6) is 0. The normalized spacial score (nSPS) is 11.4. The summed E-state index contributed by atoms with van der Waals surface area (Å²) in [6.45, 7) is 7.56. The first-order chi connectivity index (χ1) is 8.59. The average Bonchev–Trinajstić information content (AvgIpc) is 2.35. The van der Waals surface area contributed by atoms with Crippen molar-refractivity contribution in [2.45, 2.75) is 39.3 Å². The Kier molecular flexibility index (Phi) is 7.47. The van der Waals surface area contributed by atoms with Gasteiger partial charge in [-0.1, -0.05) is 0 Å². The number of nitrogens with one attached hydrogen (secondary N) is 1. The van der Waals surface area contributed by atoms with Crippen LogP contribution >= 0.6 is 15.9 Å². The second-order valence-corrected chi connectivity index (χ2v) is 5.84. The van der Waals surface area contributed by atoms with E-state index in [-0.39, 0.29) is 0 Å². The largest absolute Gasteiger partial charge is 0.311 e. The van der Waals surface area contributed by atoms with E-state index >= 15 is 0 Å². The number of unbranched alkanes of at least 4 members (excludes halogenated alkanes) is 1. The van der Waals surface area contributed by atoms with Gasteiger partial charge in [0, 0.05) is 23.3 Å². The van der Waals surface area contributed by atoms with Crippen molar-refractivity contribution in [1.82, 2.24) is 15.2 Å². The van der Waals surface area contributed by atoms with Gasteiger partial charge in [-0.2, -0.15) is 0 Å². The van der Waals surface area contributed by atoms with Gasteiger partial charge in [0.15, 0.2) is 0 Å². The van der Waals surface area contributed by atoms with E-state index in [1.807, 2.05) is 18.3 Å². The standard InChI is InChI=1S/C14H24BrN3/c1-12(2)18(3)9-5-4-8-16-11-14-7-6-13(15)10-17-14/h6-7,10,12,16H,4-5,8-9,11H2,1-3H3. The maximum absolute atomic E-state index is 4.33. The second-order valence-electron chi connectivity index (χ2n) is 4.93. The van der Waals surface area contributed by atoms with Crippen molar-refractivity contribution in [3.63, 3.8) is 0 Å². The van der Waals surface area contributed by atoms with Crippen LogP contribution in [0.4, 0.5) is 0 Å². The second kappa shape index (κ2) is 8.62. The van der Waals surface area contributed by atoms with Crippen LogP contribution in [0.3, 0.4) is 0 Å². The number of hydrogen-bond donors (Lipinski definition) is 1. The molecule has 0 aliphatic carbocycles. The highest BCUT2D eigenvalue weighted by Gasteiger charge is 2.01. The molecular formula is C14H24BrN3. The summed E-state index contributed by atoms with van der Waals surface area (Å²) >= 11 is 3.39. The van der Waals surface area contributed by atoms with Crippen molar-refractivity contribution in [3.05, 3.63) is 28.5 Å². The Bertz CT molecular complexity index is 324. The van der Waals surface area contributed by atoms with Crippen LogP contribution in [-0.4, -0.2) is 36.1 Å². The van der Waals surface area contributed by atoms with Crippen LogP contribution in [0, 0.1) is 0 Å². The Morgan fingerprint density at radius 1 is 1.33 bits per heavy atom. The lowest BCUT2D eigenvalue weighted by atomic mass is 10.2. The minimum atomic E-state index is 0.643. The average molecular weight is 314 g/mol. The molecular weight excluding hydrogens is 290 g/mol. The number of hydrogen-bond acceptors (Lipinski definition) is 3. The van der Waals surface area contributed by atoms with Crippen LogP contribution in [0.2, 0.25) is 0 Å². The fourth-order valence-corrected chi connectivity index (χ4v) is 1.83. The summed E-state index contributed by atoms with van der Waals surface area (Å²) in [5, 5.41) is 3.43. The third-order valence-corrected chi connectivity index (χ3v) is 3.56. The smallest absolute Gasteiger partial charge is 0.0542 e. The number of halogens is 1. The van der Waals surface area contributed by atoms with Gasteiger partial charge in [0.05, 0.1) is 5.69 Å². The molecule has 102 valence electrons. The molecule has 0 spiro atoms. The van der Waals surface area contributed by atoms with Gasteiger partial charge in [-0.05, 0) is 74.9 Å². The van der Waals surface area contributed by atoms with E-state index in [1.165, 1.54) is 19.4 Å². The molecule has 0 aliphatic rings. The summed E-state index contributed by atoms with van der Waals surface area (Å²) in [7, 11) is 2.18. The van der Waals surface area contributed by atoms with Gasteiger partial charge in [-0.15, -0.1) is 0 Å². The lowest BCUT2D eigenvalue weighted by molar-refractivity contribution is 0.268. The van der Waals surface area contributed by atoms with E-state index in [4.69, 9.17) is 0 Å². The van der Waals surface area contributed by atoms with Crippen LogP contribution in [-0.2, 0) is 6.54 Å². The molecule has 0 radical (unpaired) electrons. The van der Waals surface area contributed by atoms with Crippen molar-refractivity contribution < 1.29 is 0 Å². The number of nitrogens with zero attached hydrogens (tertiary/aromatic N) is 2. The first-order valence-electron chi connectivity index (χ1n) is 6.61. The van der Waals surface area contributed by atoms with Crippen molar-refractivity contribution >= 4 is 15.9 Å². The molecule has 1 rings (SSSR count). The summed E-state index contributed by atoms with van der Waals surface area (Å²) in [5.41, 5.74) is 1.09. The zero-order chi connectivity index (χ0) is 13.4. The highest BCUT2D eigenvalue weighted by Crippen LogP contribution is 2.07. The molecule has 3 nitrogen and oxygen atoms in total. The molecule has 1 heterocycles. The highest BCUT2D eigenvalue weighted by atomic mass is 79.9. The van der Waals surface area contributed by atoms with Gasteiger partial charge < -0.3 is 10.2 Å². The van der Waals surface area contributed by atoms with Crippen LogP contribution in [0.25, 0.3) is 0 Å². The Labute approximate surface area is 119 Å².